The van der Waals surface area contributed by atoms with E-state index in [2.05, 4.69) is 32.6 Å². The summed E-state index contributed by atoms with van der Waals surface area (Å²) >= 11 is 3.22. The van der Waals surface area contributed by atoms with Crippen molar-refractivity contribution >= 4 is 27.9 Å². The van der Waals surface area contributed by atoms with Crippen molar-refractivity contribution in [3.05, 3.63) is 47.0 Å². The highest BCUT2D eigenvalue weighted by molar-refractivity contribution is 9.10. The molecule has 6 heteroatoms. The minimum Gasteiger partial charge on any atom is -0.434 e. The number of carbonyl (C=O) groups excluding carboxylic acids is 1. The van der Waals surface area contributed by atoms with E-state index in [9.17, 15) is 13.6 Å². The van der Waals surface area contributed by atoms with Gasteiger partial charge in [-0.1, -0.05) is 22.0 Å². The molecular weight excluding hydrogens is 320 g/mol. The third-order valence-corrected chi connectivity index (χ3v) is 2.52. The molecule has 0 atom stereocenters. The number of benzene rings is 1. The zero-order valence-corrected chi connectivity index (χ0v) is 11.5. The highest BCUT2D eigenvalue weighted by Gasteiger charge is 2.08. The molecule has 1 aromatic carbocycles. The molecule has 1 amide bonds. The zero-order valence-electron chi connectivity index (χ0n) is 9.91. The second kappa shape index (κ2) is 7.68. The van der Waals surface area contributed by atoms with E-state index >= 15 is 0 Å². The lowest BCUT2D eigenvalue weighted by Crippen LogP contribution is -2.20. The molecule has 0 radical (unpaired) electrons. The molecule has 1 N–H and O–H groups in total. The Labute approximate surface area is 118 Å². The van der Waals surface area contributed by atoms with Gasteiger partial charge in [0.1, 0.15) is 5.75 Å². The van der Waals surface area contributed by atoms with Crippen LogP contribution in [-0.2, 0) is 4.79 Å². The summed E-state index contributed by atoms with van der Waals surface area (Å²) < 4.78 is 29.5. The highest BCUT2D eigenvalue weighted by atomic mass is 79.9. The fraction of sp³-hybridized carbons (Fsp3) is 0.154. The summed E-state index contributed by atoms with van der Waals surface area (Å²) in [6.45, 7) is 0.882. The van der Waals surface area contributed by atoms with Gasteiger partial charge >= 0.3 is 6.61 Å². The van der Waals surface area contributed by atoms with Gasteiger partial charge in [0.25, 0.3) is 0 Å². The van der Waals surface area contributed by atoms with E-state index in [1.807, 2.05) is 0 Å². The first-order chi connectivity index (χ1) is 9.02. The van der Waals surface area contributed by atoms with Gasteiger partial charge in [0, 0.05) is 22.7 Å². The van der Waals surface area contributed by atoms with Crippen LogP contribution in [0, 0.1) is 0 Å². The Hall–Kier alpha value is -1.69. The number of hydrogen-bond donors (Lipinski definition) is 1. The van der Waals surface area contributed by atoms with Crippen molar-refractivity contribution in [1.82, 2.24) is 5.32 Å². The van der Waals surface area contributed by atoms with Gasteiger partial charge in [-0.2, -0.15) is 8.78 Å². The van der Waals surface area contributed by atoms with Crippen molar-refractivity contribution in [3.8, 4) is 5.75 Å². The van der Waals surface area contributed by atoms with Gasteiger partial charge in [-0.05, 0) is 24.3 Å². The number of hydrogen-bond acceptors (Lipinski definition) is 2. The van der Waals surface area contributed by atoms with Crippen LogP contribution in [0.2, 0.25) is 0 Å². The maximum Gasteiger partial charge on any atom is 0.387 e. The van der Waals surface area contributed by atoms with Crippen LogP contribution in [0.4, 0.5) is 8.78 Å². The first-order valence-corrected chi connectivity index (χ1v) is 6.13. The summed E-state index contributed by atoms with van der Waals surface area (Å²) in [6, 6.07) is 4.55. The van der Waals surface area contributed by atoms with Crippen LogP contribution in [0.3, 0.4) is 0 Å². The van der Waals surface area contributed by atoms with Crippen molar-refractivity contribution in [1.29, 1.82) is 0 Å². The number of amides is 1. The lowest BCUT2D eigenvalue weighted by molar-refractivity contribution is -0.116. The molecule has 0 aliphatic heterocycles. The molecule has 0 saturated heterocycles. The molecule has 1 rings (SSSR count). The Morgan fingerprint density at radius 1 is 1.53 bits per heavy atom. The quantitative estimate of drug-likeness (QED) is 0.641. The van der Waals surface area contributed by atoms with E-state index in [1.165, 1.54) is 24.3 Å². The molecule has 0 aromatic heterocycles. The van der Waals surface area contributed by atoms with Gasteiger partial charge in [0.15, 0.2) is 0 Å². The van der Waals surface area contributed by atoms with Crippen molar-refractivity contribution in [3.63, 3.8) is 0 Å². The average molecular weight is 332 g/mol. The zero-order chi connectivity index (χ0) is 14.3. The Morgan fingerprint density at radius 2 is 2.26 bits per heavy atom. The average Bonchev–Trinajstić information content (AvgIpc) is 2.36. The fourth-order valence-corrected chi connectivity index (χ4v) is 1.63. The van der Waals surface area contributed by atoms with Crippen LogP contribution in [0.25, 0.3) is 6.08 Å². The predicted molar refractivity (Wildman–Crippen MR) is 73.0 cm³/mol. The van der Waals surface area contributed by atoms with Crippen LogP contribution in [0.15, 0.2) is 41.4 Å². The van der Waals surface area contributed by atoms with Crippen LogP contribution in [0.1, 0.15) is 5.56 Å². The summed E-state index contributed by atoms with van der Waals surface area (Å²) in [5.74, 6) is -0.339. The first kappa shape index (κ1) is 15.4. The third kappa shape index (κ3) is 5.65. The molecule has 0 spiro atoms. The lowest BCUT2D eigenvalue weighted by Gasteiger charge is -2.08. The summed E-state index contributed by atoms with van der Waals surface area (Å²) in [4.78, 5) is 11.3. The minimum absolute atomic E-state index is 0.00553. The summed E-state index contributed by atoms with van der Waals surface area (Å²) in [5.41, 5.74) is 0.378. The molecule has 1 aromatic rings. The SMILES string of the molecule is C=CCNC(=O)/C=C/c1cc(Br)ccc1OC(F)F. The molecule has 0 saturated carbocycles. The number of nitrogens with one attached hydrogen (secondary N) is 1. The van der Waals surface area contributed by atoms with Crippen molar-refractivity contribution in [2.45, 2.75) is 6.61 Å². The number of carbonyl (C=O) groups is 1. The van der Waals surface area contributed by atoms with Gasteiger partial charge < -0.3 is 10.1 Å². The largest absolute Gasteiger partial charge is 0.434 e. The molecule has 102 valence electrons. The summed E-state index contributed by atoms with van der Waals surface area (Å²) in [7, 11) is 0. The first-order valence-electron chi connectivity index (χ1n) is 5.34. The molecular formula is C13H12BrF2NO2. The van der Waals surface area contributed by atoms with E-state index in [4.69, 9.17) is 0 Å². The number of ether oxygens (including phenoxy) is 1. The topological polar surface area (TPSA) is 38.3 Å². The second-order valence-corrected chi connectivity index (χ2v) is 4.34. The molecule has 0 unspecified atom stereocenters. The minimum atomic E-state index is -2.91. The predicted octanol–water partition coefficient (Wildman–Crippen LogP) is 3.37. The fourth-order valence-electron chi connectivity index (χ4n) is 1.25. The second-order valence-electron chi connectivity index (χ2n) is 3.43. The van der Waals surface area contributed by atoms with E-state index in [1.54, 1.807) is 12.1 Å². The van der Waals surface area contributed by atoms with Crippen LogP contribution < -0.4 is 10.1 Å². The summed E-state index contributed by atoms with van der Waals surface area (Å²) in [5, 5.41) is 2.53. The van der Waals surface area contributed by atoms with Gasteiger partial charge in [-0.25, -0.2) is 0 Å². The van der Waals surface area contributed by atoms with Gasteiger partial charge in [-0.15, -0.1) is 6.58 Å². The van der Waals surface area contributed by atoms with Crippen LogP contribution >= 0.6 is 15.9 Å². The maximum absolute atomic E-state index is 12.2. The lowest BCUT2D eigenvalue weighted by atomic mass is 10.2. The van der Waals surface area contributed by atoms with Gasteiger partial charge in [0.05, 0.1) is 0 Å². The Morgan fingerprint density at radius 3 is 2.89 bits per heavy atom. The molecule has 19 heavy (non-hydrogen) atoms. The maximum atomic E-state index is 12.2. The van der Waals surface area contributed by atoms with E-state index in [0.29, 0.717) is 16.6 Å². The highest BCUT2D eigenvalue weighted by Crippen LogP contribution is 2.25. The van der Waals surface area contributed by atoms with Crippen molar-refractivity contribution in [2.24, 2.45) is 0 Å². The number of halogens is 3. The van der Waals surface area contributed by atoms with Gasteiger partial charge in [0.2, 0.25) is 5.91 Å². The molecule has 0 aliphatic rings. The van der Waals surface area contributed by atoms with Crippen molar-refractivity contribution in [2.75, 3.05) is 6.54 Å². The van der Waals surface area contributed by atoms with Crippen LogP contribution in [-0.4, -0.2) is 19.1 Å². The van der Waals surface area contributed by atoms with E-state index < -0.39 is 6.61 Å². The molecule has 0 heterocycles. The van der Waals surface area contributed by atoms with Crippen LogP contribution in [0.5, 0.6) is 5.75 Å². The normalized spacial score (nSPS) is 10.7. The Balaban J connectivity index is 2.85. The summed E-state index contributed by atoms with van der Waals surface area (Å²) in [6.07, 6.45) is 4.18. The monoisotopic (exact) mass is 331 g/mol. The molecule has 0 fully saturated rings. The Bertz CT molecular complexity index is 490. The third-order valence-electron chi connectivity index (χ3n) is 2.02. The number of rotatable bonds is 6. The number of alkyl halides is 2. The smallest absolute Gasteiger partial charge is 0.387 e. The van der Waals surface area contributed by atoms with E-state index in [-0.39, 0.29) is 11.7 Å². The standard InChI is InChI=1S/C13H12BrF2NO2/c1-2-7-17-12(18)6-3-9-8-10(14)4-5-11(9)19-13(15)16/h2-6,8,13H,1,7H2,(H,17,18)/b6-3+. The Kier molecular flexibility index (Phi) is 6.21. The van der Waals surface area contributed by atoms with Crippen molar-refractivity contribution < 1.29 is 18.3 Å². The van der Waals surface area contributed by atoms with Gasteiger partial charge in [-0.3, -0.25) is 4.79 Å². The molecule has 3 nitrogen and oxygen atoms in total. The van der Waals surface area contributed by atoms with E-state index in [0.717, 1.165) is 0 Å². The molecule has 0 aliphatic carbocycles. The molecule has 0 bridgehead atoms.